The van der Waals surface area contributed by atoms with Gasteiger partial charge in [-0.15, -0.1) is 0 Å². The summed E-state index contributed by atoms with van der Waals surface area (Å²) in [6.07, 6.45) is 6.48. The number of carbonyl (C=O) groups excluding carboxylic acids is 1. The van der Waals surface area contributed by atoms with Crippen LogP contribution < -0.4 is 5.32 Å². The molecule has 1 aliphatic rings. The molecule has 1 fully saturated rings. The molecule has 1 aromatic carbocycles. The highest BCUT2D eigenvalue weighted by molar-refractivity contribution is 6.42. The monoisotopic (exact) mass is 392 g/mol. The number of nitrogens with zero attached hydrogens (tertiary/aromatic N) is 1. The Hall–Kier alpha value is -1.62. The van der Waals surface area contributed by atoms with Crippen molar-refractivity contribution < 1.29 is 9.53 Å². The third-order valence-electron chi connectivity index (χ3n) is 4.72. The van der Waals surface area contributed by atoms with Gasteiger partial charge in [0, 0.05) is 32.0 Å². The lowest BCUT2D eigenvalue weighted by Crippen LogP contribution is -2.36. The maximum Gasteiger partial charge on any atom is 0.220 e. The largest absolute Gasteiger partial charge is 0.381 e. The number of benzene rings is 1. The van der Waals surface area contributed by atoms with Crippen molar-refractivity contribution in [1.29, 1.82) is 0 Å². The van der Waals surface area contributed by atoms with Crippen LogP contribution in [0.25, 0.3) is 0 Å². The normalized spacial score (nSPS) is 16.2. The molecule has 0 saturated carbocycles. The van der Waals surface area contributed by atoms with Crippen LogP contribution in [-0.4, -0.2) is 24.1 Å². The van der Waals surface area contributed by atoms with E-state index in [1.165, 1.54) is 0 Å². The van der Waals surface area contributed by atoms with Crippen LogP contribution in [0.4, 0.5) is 0 Å². The van der Waals surface area contributed by atoms with Gasteiger partial charge in [0.15, 0.2) is 0 Å². The Labute approximate surface area is 163 Å². The molecule has 1 amide bonds. The standard InChI is InChI=1S/C20H22Cl2N2O2/c21-17-5-3-14(12-18(17)22)4-6-19(25)24-20(15-7-10-26-11-8-15)16-2-1-9-23-13-16/h1-3,5,9,12-13,15,20H,4,6-8,10-11H2,(H,24,25)/t20-/m1/s1. The number of aryl methyl sites for hydroxylation is 1. The van der Waals surface area contributed by atoms with Gasteiger partial charge in [0.25, 0.3) is 0 Å². The zero-order valence-electron chi connectivity index (χ0n) is 14.5. The molecule has 0 bridgehead atoms. The molecule has 3 rings (SSSR count). The average Bonchev–Trinajstić information content (AvgIpc) is 2.68. The van der Waals surface area contributed by atoms with Crippen molar-refractivity contribution in [3.05, 3.63) is 63.9 Å². The lowest BCUT2D eigenvalue weighted by molar-refractivity contribution is -0.122. The van der Waals surface area contributed by atoms with Crippen LogP contribution in [0.3, 0.4) is 0 Å². The summed E-state index contributed by atoms with van der Waals surface area (Å²) < 4.78 is 5.47. The van der Waals surface area contributed by atoms with Gasteiger partial charge < -0.3 is 10.1 Å². The van der Waals surface area contributed by atoms with Gasteiger partial charge in [-0.1, -0.05) is 35.3 Å². The van der Waals surface area contributed by atoms with Gasteiger partial charge in [-0.3, -0.25) is 9.78 Å². The molecule has 1 N–H and O–H groups in total. The van der Waals surface area contributed by atoms with Crippen molar-refractivity contribution in [3.8, 4) is 0 Å². The van der Waals surface area contributed by atoms with E-state index in [1.54, 1.807) is 12.3 Å². The van der Waals surface area contributed by atoms with Gasteiger partial charge >= 0.3 is 0 Å². The van der Waals surface area contributed by atoms with Crippen molar-refractivity contribution >= 4 is 29.1 Å². The minimum Gasteiger partial charge on any atom is -0.381 e. The van der Waals surface area contributed by atoms with E-state index in [0.717, 1.165) is 37.2 Å². The molecule has 1 aliphatic heterocycles. The summed E-state index contributed by atoms with van der Waals surface area (Å²) in [6, 6.07) is 9.37. The van der Waals surface area contributed by atoms with E-state index >= 15 is 0 Å². The van der Waals surface area contributed by atoms with Gasteiger partial charge in [-0.25, -0.2) is 0 Å². The first-order valence-corrected chi connectivity index (χ1v) is 9.60. The SMILES string of the molecule is O=C(CCc1ccc(Cl)c(Cl)c1)N[C@@H](c1cccnc1)C1CCOCC1. The number of ether oxygens (including phenoxy) is 1. The summed E-state index contributed by atoms with van der Waals surface area (Å²) in [4.78, 5) is 16.8. The van der Waals surface area contributed by atoms with E-state index in [0.29, 0.717) is 28.8 Å². The minimum atomic E-state index is -0.0334. The molecule has 0 spiro atoms. The van der Waals surface area contributed by atoms with Gasteiger partial charge in [0.05, 0.1) is 16.1 Å². The van der Waals surface area contributed by atoms with E-state index in [2.05, 4.69) is 10.3 Å². The predicted octanol–water partition coefficient (Wildman–Crippen LogP) is 4.61. The molecule has 0 aliphatic carbocycles. The van der Waals surface area contributed by atoms with E-state index in [1.807, 2.05) is 30.5 Å². The Morgan fingerprint density at radius 3 is 2.73 bits per heavy atom. The second kappa shape index (κ2) is 9.36. The maximum atomic E-state index is 12.6. The van der Waals surface area contributed by atoms with Crippen molar-refractivity contribution in [2.24, 2.45) is 5.92 Å². The highest BCUT2D eigenvalue weighted by atomic mass is 35.5. The fraction of sp³-hybridized carbons (Fsp3) is 0.400. The highest BCUT2D eigenvalue weighted by Gasteiger charge is 2.27. The van der Waals surface area contributed by atoms with Crippen LogP contribution >= 0.6 is 23.2 Å². The van der Waals surface area contributed by atoms with Crippen LogP contribution in [0.1, 0.15) is 36.4 Å². The van der Waals surface area contributed by atoms with E-state index in [9.17, 15) is 4.79 Å². The Morgan fingerprint density at radius 2 is 2.04 bits per heavy atom. The summed E-state index contributed by atoms with van der Waals surface area (Å²) in [5.74, 6) is 0.387. The summed E-state index contributed by atoms with van der Waals surface area (Å²) in [7, 11) is 0. The Bertz CT molecular complexity index is 734. The number of halogens is 2. The van der Waals surface area contributed by atoms with E-state index in [4.69, 9.17) is 27.9 Å². The number of pyridine rings is 1. The summed E-state index contributed by atoms with van der Waals surface area (Å²) in [5.41, 5.74) is 2.04. The van der Waals surface area contributed by atoms with Crippen LogP contribution in [-0.2, 0) is 16.0 Å². The van der Waals surface area contributed by atoms with E-state index in [-0.39, 0.29) is 11.9 Å². The molecule has 2 heterocycles. The van der Waals surface area contributed by atoms with Gasteiger partial charge in [-0.05, 0) is 54.5 Å². The van der Waals surface area contributed by atoms with Gasteiger partial charge in [0.1, 0.15) is 0 Å². The fourth-order valence-corrected chi connectivity index (χ4v) is 3.60. The lowest BCUT2D eigenvalue weighted by Gasteiger charge is -2.31. The molecular weight excluding hydrogens is 371 g/mol. The molecule has 0 radical (unpaired) electrons. The number of hydrogen-bond acceptors (Lipinski definition) is 3. The van der Waals surface area contributed by atoms with E-state index < -0.39 is 0 Å². The maximum absolute atomic E-state index is 12.6. The molecule has 1 aromatic heterocycles. The number of carbonyl (C=O) groups is 1. The number of rotatable bonds is 6. The summed E-state index contributed by atoms with van der Waals surface area (Å²) in [6.45, 7) is 1.47. The number of nitrogens with one attached hydrogen (secondary N) is 1. The topological polar surface area (TPSA) is 51.2 Å². The molecule has 2 aromatic rings. The second-order valence-electron chi connectivity index (χ2n) is 6.53. The van der Waals surface area contributed by atoms with Crippen LogP contribution in [0.2, 0.25) is 10.0 Å². The van der Waals surface area contributed by atoms with Crippen LogP contribution in [0.15, 0.2) is 42.7 Å². The molecule has 0 unspecified atom stereocenters. The molecule has 138 valence electrons. The van der Waals surface area contributed by atoms with Crippen LogP contribution in [0, 0.1) is 5.92 Å². The average molecular weight is 393 g/mol. The first kappa shape index (κ1) is 19.2. The first-order chi connectivity index (χ1) is 12.6. The first-order valence-electron chi connectivity index (χ1n) is 8.84. The molecular formula is C20H22Cl2N2O2. The van der Waals surface area contributed by atoms with Crippen molar-refractivity contribution in [2.45, 2.75) is 31.7 Å². The highest BCUT2D eigenvalue weighted by Crippen LogP contribution is 2.30. The fourth-order valence-electron chi connectivity index (χ4n) is 3.28. The molecule has 1 saturated heterocycles. The number of amides is 1. The Morgan fingerprint density at radius 1 is 1.23 bits per heavy atom. The second-order valence-corrected chi connectivity index (χ2v) is 7.34. The molecule has 6 heteroatoms. The predicted molar refractivity (Wildman–Crippen MR) is 103 cm³/mol. The zero-order chi connectivity index (χ0) is 18.4. The quantitative estimate of drug-likeness (QED) is 0.780. The third-order valence-corrected chi connectivity index (χ3v) is 5.46. The molecule has 26 heavy (non-hydrogen) atoms. The molecule has 1 atom stereocenters. The van der Waals surface area contributed by atoms with Crippen molar-refractivity contribution in [2.75, 3.05) is 13.2 Å². The lowest BCUT2D eigenvalue weighted by atomic mass is 9.87. The zero-order valence-corrected chi connectivity index (χ0v) is 16.0. The third kappa shape index (κ3) is 5.19. The number of aromatic nitrogens is 1. The Balaban J connectivity index is 1.63. The van der Waals surface area contributed by atoms with Crippen LogP contribution in [0.5, 0.6) is 0 Å². The smallest absolute Gasteiger partial charge is 0.220 e. The molecule has 4 nitrogen and oxygen atoms in total. The summed E-state index contributed by atoms with van der Waals surface area (Å²) in [5, 5.41) is 4.24. The summed E-state index contributed by atoms with van der Waals surface area (Å²) >= 11 is 12.0. The van der Waals surface area contributed by atoms with Gasteiger partial charge in [0.2, 0.25) is 5.91 Å². The van der Waals surface area contributed by atoms with Gasteiger partial charge in [-0.2, -0.15) is 0 Å². The van der Waals surface area contributed by atoms with Crippen molar-refractivity contribution in [1.82, 2.24) is 10.3 Å². The van der Waals surface area contributed by atoms with Crippen molar-refractivity contribution in [3.63, 3.8) is 0 Å². The minimum absolute atomic E-state index is 0.0245. The number of hydrogen-bond donors (Lipinski definition) is 1. The Kier molecular flexibility index (Phi) is 6.89.